The average Bonchev–Trinajstić information content (AvgIpc) is 2.53. The first-order chi connectivity index (χ1) is 11.2. The van der Waals surface area contributed by atoms with Crippen molar-refractivity contribution in [1.29, 1.82) is 0 Å². The average molecular weight is 335 g/mol. The number of nitrogens with one attached hydrogen (secondary N) is 3. The van der Waals surface area contributed by atoms with Gasteiger partial charge in [0, 0.05) is 30.6 Å². The van der Waals surface area contributed by atoms with Gasteiger partial charge in [-0.2, -0.15) is 0 Å². The third-order valence-electron chi connectivity index (χ3n) is 3.86. The molecule has 2 amide bonds. The molecular formula is C18H29N3O3. The minimum absolute atomic E-state index is 0.0857. The maximum Gasteiger partial charge on any atom is 0.251 e. The van der Waals surface area contributed by atoms with E-state index in [4.69, 9.17) is 5.21 Å². The normalized spacial score (nSPS) is 11.9. The Hall–Kier alpha value is -1.92. The van der Waals surface area contributed by atoms with Crippen LogP contribution in [0.2, 0.25) is 0 Å². The van der Waals surface area contributed by atoms with Crippen molar-refractivity contribution in [3.05, 3.63) is 35.9 Å². The SMILES string of the molecule is CC(C)(CNCCNC(=O)c1ccccc1)CC(C)(C)C(=O)NO. The van der Waals surface area contributed by atoms with Crippen LogP contribution in [0.5, 0.6) is 0 Å². The molecule has 0 fully saturated rings. The lowest BCUT2D eigenvalue weighted by Crippen LogP contribution is -2.42. The second-order valence-corrected chi connectivity index (χ2v) is 7.46. The summed E-state index contributed by atoms with van der Waals surface area (Å²) in [7, 11) is 0. The summed E-state index contributed by atoms with van der Waals surface area (Å²) < 4.78 is 0. The number of carbonyl (C=O) groups excluding carboxylic acids is 2. The van der Waals surface area contributed by atoms with Gasteiger partial charge in [0.05, 0.1) is 0 Å². The molecule has 1 rings (SSSR count). The van der Waals surface area contributed by atoms with Crippen molar-refractivity contribution in [2.45, 2.75) is 34.1 Å². The zero-order valence-electron chi connectivity index (χ0n) is 15.0. The van der Waals surface area contributed by atoms with Crippen molar-refractivity contribution in [3.8, 4) is 0 Å². The second-order valence-electron chi connectivity index (χ2n) is 7.46. The second kappa shape index (κ2) is 8.80. The number of amides is 2. The fourth-order valence-electron chi connectivity index (χ4n) is 2.87. The summed E-state index contributed by atoms with van der Waals surface area (Å²) in [6.45, 7) is 9.62. The molecular weight excluding hydrogens is 306 g/mol. The Morgan fingerprint density at radius 1 is 1.04 bits per heavy atom. The molecule has 24 heavy (non-hydrogen) atoms. The van der Waals surface area contributed by atoms with Crippen LogP contribution in [-0.2, 0) is 4.79 Å². The summed E-state index contributed by atoms with van der Waals surface area (Å²) in [5.41, 5.74) is 1.60. The van der Waals surface area contributed by atoms with Crippen molar-refractivity contribution in [3.63, 3.8) is 0 Å². The number of hydrogen-bond acceptors (Lipinski definition) is 4. The predicted molar refractivity (Wildman–Crippen MR) is 93.8 cm³/mol. The van der Waals surface area contributed by atoms with Gasteiger partial charge in [0.15, 0.2) is 0 Å². The van der Waals surface area contributed by atoms with E-state index in [1.54, 1.807) is 31.5 Å². The highest BCUT2D eigenvalue weighted by molar-refractivity contribution is 5.94. The van der Waals surface area contributed by atoms with Crippen molar-refractivity contribution >= 4 is 11.8 Å². The van der Waals surface area contributed by atoms with Crippen molar-refractivity contribution in [2.24, 2.45) is 10.8 Å². The van der Waals surface area contributed by atoms with Gasteiger partial charge >= 0.3 is 0 Å². The quantitative estimate of drug-likeness (QED) is 0.315. The Morgan fingerprint density at radius 2 is 1.67 bits per heavy atom. The van der Waals surface area contributed by atoms with Gasteiger partial charge in [-0.1, -0.05) is 45.9 Å². The first-order valence-electron chi connectivity index (χ1n) is 8.16. The van der Waals surface area contributed by atoms with E-state index < -0.39 is 5.41 Å². The zero-order chi connectivity index (χ0) is 18.2. The Balaban J connectivity index is 2.31. The fraction of sp³-hybridized carbons (Fsp3) is 0.556. The number of rotatable bonds is 9. The van der Waals surface area contributed by atoms with E-state index >= 15 is 0 Å². The third-order valence-corrected chi connectivity index (χ3v) is 3.86. The van der Waals surface area contributed by atoms with Gasteiger partial charge in [0.2, 0.25) is 5.91 Å². The van der Waals surface area contributed by atoms with Crippen molar-refractivity contribution in [1.82, 2.24) is 16.1 Å². The molecule has 0 aliphatic heterocycles. The van der Waals surface area contributed by atoms with Crippen molar-refractivity contribution < 1.29 is 14.8 Å². The maximum absolute atomic E-state index is 11.9. The Bertz CT molecular complexity index is 542. The summed E-state index contributed by atoms with van der Waals surface area (Å²) in [5.74, 6) is -0.469. The molecule has 6 nitrogen and oxygen atoms in total. The van der Waals surface area contributed by atoms with E-state index in [1.165, 1.54) is 0 Å². The Morgan fingerprint density at radius 3 is 2.25 bits per heavy atom. The van der Waals surface area contributed by atoms with E-state index in [9.17, 15) is 9.59 Å². The van der Waals surface area contributed by atoms with Gasteiger partial charge in [-0.25, -0.2) is 5.48 Å². The molecule has 0 saturated heterocycles. The Labute approximate surface area is 144 Å². The van der Waals surface area contributed by atoms with E-state index in [0.717, 1.165) is 0 Å². The zero-order valence-corrected chi connectivity index (χ0v) is 15.0. The first kappa shape index (κ1) is 20.1. The third kappa shape index (κ3) is 6.68. The molecule has 0 spiro atoms. The summed E-state index contributed by atoms with van der Waals surface area (Å²) in [5, 5.41) is 15.0. The van der Waals surface area contributed by atoms with Crippen LogP contribution < -0.4 is 16.1 Å². The molecule has 1 aromatic carbocycles. The monoisotopic (exact) mass is 335 g/mol. The van der Waals surface area contributed by atoms with Crippen LogP contribution in [0.3, 0.4) is 0 Å². The highest BCUT2D eigenvalue weighted by atomic mass is 16.5. The van der Waals surface area contributed by atoms with Crippen LogP contribution in [0.4, 0.5) is 0 Å². The van der Waals surface area contributed by atoms with E-state index in [2.05, 4.69) is 24.5 Å². The highest BCUT2D eigenvalue weighted by Crippen LogP contribution is 2.33. The molecule has 4 N–H and O–H groups in total. The summed E-state index contributed by atoms with van der Waals surface area (Å²) >= 11 is 0. The lowest BCUT2D eigenvalue weighted by molar-refractivity contribution is -0.139. The molecule has 134 valence electrons. The van der Waals surface area contributed by atoms with Crippen LogP contribution in [0.15, 0.2) is 30.3 Å². The molecule has 0 heterocycles. The van der Waals surface area contributed by atoms with Gasteiger partial charge in [0.1, 0.15) is 0 Å². The lowest BCUT2D eigenvalue weighted by atomic mass is 9.74. The summed E-state index contributed by atoms with van der Waals surface area (Å²) in [6, 6.07) is 9.10. The standard InChI is InChI=1S/C18H29N3O3/c1-17(2,12-18(3,4)16(23)21-24)13-19-10-11-20-15(22)14-8-6-5-7-9-14/h5-9,19,24H,10-13H2,1-4H3,(H,20,22)(H,21,23). The molecule has 0 aliphatic rings. The van der Waals surface area contributed by atoms with Crippen LogP contribution in [0.1, 0.15) is 44.5 Å². The van der Waals surface area contributed by atoms with E-state index in [-0.39, 0.29) is 17.2 Å². The largest absolute Gasteiger partial charge is 0.351 e. The van der Waals surface area contributed by atoms with Crippen molar-refractivity contribution in [2.75, 3.05) is 19.6 Å². The van der Waals surface area contributed by atoms with Gasteiger partial charge < -0.3 is 10.6 Å². The number of carbonyl (C=O) groups is 2. The predicted octanol–water partition coefficient (Wildman–Crippen LogP) is 1.95. The number of hydrogen-bond donors (Lipinski definition) is 4. The van der Waals surface area contributed by atoms with E-state index in [1.807, 2.05) is 18.2 Å². The molecule has 0 aliphatic carbocycles. The van der Waals surface area contributed by atoms with Crippen LogP contribution in [-0.4, -0.2) is 36.7 Å². The molecule has 1 aromatic rings. The number of hydroxylamine groups is 1. The number of benzene rings is 1. The molecule has 0 aromatic heterocycles. The highest BCUT2D eigenvalue weighted by Gasteiger charge is 2.34. The topological polar surface area (TPSA) is 90.5 Å². The molecule has 0 unspecified atom stereocenters. The fourth-order valence-corrected chi connectivity index (χ4v) is 2.87. The molecule has 0 atom stereocenters. The van der Waals surface area contributed by atoms with Crippen LogP contribution >= 0.6 is 0 Å². The first-order valence-corrected chi connectivity index (χ1v) is 8.16. The molecule has 0 saturated carbocycles. The van der Waals surface area contributed by atoms with Gasteiger partial charge in [-0.15, -0.1) is 0 Å². The minimum Gasteiger partial charge on any atom is -0.351 e. The van der Waals surface area contributed by atoms with E-state index in [0.29, 0.717) is 31.6 Å². The van der Waals surface area contributed by atoms with Crippen LogP contribution in [0, 0.1) is 10.8 Å². The van der Waals surface area contributed by atoms with Gasteiger partial charge in [0.25, 0.3) is 5.91 Å². The van der Waals surface area contributed by atoms with Gasteiger partial charge in [-0.3, -0.25) is 14.8 Å². The maximum atomic E-state index is 11.9. The van der Waals surface area contributed by atoms with Gasteiger partial charge in [-0.05, 0) is 24.0 Å². The summed E-state index contributed by atoms with van der Waals surface area (Å²) in [4.78, 5) is 23.6. The minimum atomic E-state index is -0.651. The molecule has 6 heteroatoms. The Kier molecular flexibility index (Phi) is 7.38. The van der Waals surface area contributed by atoms with Crippen LogP contribution in [0.25, 0.3) is 0 Å². The molecule has 0 bridgehead atoms. The molecule has 0 radical (unpaired) electrons. The smallest absolute Gasteiger partial charge is 0.251 e. The summed E-state index contributed by atoms with van der Waals surface area (Å²) in [6.07, 6.45) is 0.621. The lowest BCUT2D eigenvalue weighted by Gasteiger charge is -2.33.